The Balaban J connectivity index is 1.42. The van der Waals surface area contributed by atoms with Gasteiger partial charge in [-0.25, -0.2) is 0 Å². The molecule has 0 saturated heterocycles. The first-order valence-corrected chi connectivity index (χ1v) is 9.49. The quantitative estimate of drug-likeness (QED) is 0.443. The normalized spacial score (nSPS) is 12.2. The summed E-state index contributed by atoms with van der Waals surface area (Å²) in [6.45, 7) is 4.01. The minimum Gasteiger partial charge on any atom is -0.419 e. The zero-order chi connectivity index (χ0) is 18.6. The van der Waals surface area contributed by atoms with Crippen molar-refractivity contribution in [2.45, 2.75) is 30.7 Å². The Kier molecular flexibility index (Phi) is 5.02. The van der Waals surface area contributed by atoms with Crippen molar-refractivity contribution in [3.8, 4) is 11.5 Å². The van der Waals surface area contributed by atoms with Gasteiger partial charge >= 0.3 is 0 Å². The third-order valence-electron chi connectivity index (χ3n) is 4.01. The molecule has 7 heteroatoms. The fraction of sp³-hybridized carbons (Fsp3) is 0.200. The second-order valence-electron chi connectivity index (χ2n) is 6.20. The Morgan fingerprint density at radius 3 is 2.44 bits per heavy atom. The highest BCUT2D eigenvalue weighted by molar-refractivity contribution is 7.99. The number of nitrogens with zero attached hydrogens (tertiary/aromatic N) is 4. The standard InChI is InChI=1S/C20H18N4O2S/c1-13-8-10-16(11-9-13)19-23-22-18(26-19)14(2)27-20-24-21-17(25-20)12-15-6-4-3-5-7-15/h3-11,14H,12H2,1-2H3/t14-/m1/s1. The summed E-state index contributed by atoms with van der Waals surface area (Å²) in [4.78, 5) is 0. The van der Waals surface area contributed by atoms with Crippen LogP contribution in [0.5, 0.6) is 0 Å². The van der Waals surface area contributed by atoms with Gasteiger partial charge in [0.1, 0.15) is 0 Å². The first-order valence-electron chi connectivity index (χ1n) is 8.61. The Hall–Kier alpha value is -2.93. The molecule has 4 aromatic rings. The molecule has 0 unspecified atom stereocenters. The summed E-state index contributed by atoms with van der Waals surface area (Å²) in [5.74, 6) is 1.62. The average Bonchev–Trinajstić information content (AvgIpc) is 3.33. The maximum atomic E-state index is 5.81. The summed E-state index contributed by atoms with van der Waals surface area (Å²) in [6, 6.07) is 18.0. The molecule has 2 aromatic heterocycles. The van der Waals surface area contributed by atoms with E-state index in [0.29, 0.717) is 29.3 Å². The fourth-order valence-electron chi connectivity index (χ4n) is 2.54. The van der Waals surface area contributed by atoms with E-state index < -0.39 is 0 Å². The van der Waals surface area contributed by atoms with Gasteiger partial charge in [0.25, 0.3) is 5.22 Å². The summed E-state index contributed by atoms with van der Waals surface area (Å²) >= 11 is 1.40. The SMILES string of the molecule is Cc1ccc(-c2nnc([C@@H](C)Sc3nnc(Cc4ccccc4)o3)o2)cc1. The van der Waals surface area contributed by atoms with Crippen molar-refractivity contribution in [2.75, 3.05) is 0 Å². The predicted molar refractivity (Wildman–Crippen MR) is 102 cm³/mol. The highest BCUT2D eigenvalue weighted by Crippen LogP contribution is 2.34. The Morgan fingerprint density at radius 2 is 1.67 bits per heavy atom. The van der Waals surface area contributed by atoms with Crippen molar-refractivity contribution in [1.82, 2.24) is 20.4 Å². The smallest absolute Gasteiger partial charge is 0.277 e. The average molecular weight is 378 g/mol. The molecule has 0 aliphatic carbocycles. The number of hydrogen-bond donors (Lipinski definition) is 0. The fourth-order valence-corrected chi connectivity index (χ4v) is 3.27. The molecule has 0 spiro atoms. The number of thioether (sulfide) groups is 1. The molecule has 0 aliphatic rings. The molecule has 0 radical (unpaired) electrons. The lowest BCUT2D eigenvalue weighted by Gasteiger charge is -2.02. The molecule has 0 fully saturated rings. The van der Waals surface area contributed by atoms with Crippen LogP contribution in [0.1, 0.15) is 35.1 Å². The van der Waals surface area contributed by atoms with Crippen LogP contribution in [0.25, 0.3) is 11.5 Å². The largest absolute Gasteiger partial charge is 0.419 e. The van der Waals surface area contributed by atoms with Gasteiger partial charge in [0, 0.05) is 5.56 Å². The van der Waals surface area contributed by atoms with Gasteiger partial charge in [0.2, 0.25) is 17.7 Å². The van der Waals surface area contributed by atoms with Gasteiger partial charge in [0.05, 0.1) is 11.7 Å². The van der Waals surface area contributed by atoms with E-state index in [1.807, 2.05) is 68.4 Å². The topological polar surface area (TPSA) is 77.8 Å². The van der Waals surface area contributed by atoms with Crippen molar-refractivity contribution in [3.63, 3.8) is 0 Å². The molecule has 6 nitrogen and oxygen atoms in total. The van der Waals surface area contributed by atoms with E-state index in [1.165, 1.54) is 17.3 Å². The minimum absolute atomic E-state index is 0.0956. The lowest BCUT2D eigenvalue weighted by molar-refractivity contribution is 0.418. The van der Waals surface area contributed by atoms with E-state index in [2.05, 4.69) is 20.4 Å². The van der Waals surface area contributed by atoms with E-state index >= 15 is 0 Å². The maximum absolute atomic E-state index is 5.81. The minimum atomic E-state index is -0.0956. The van der Waals surface area contributed by atoms with Crippen LogP contribution >= 0.6 is 11.8 Å². The predicted octanol–water partition coefficient (Wildman–Crippen LogP) is 4.87. The van der Waals surface area contributed by atoms with Crippen LogP contribution in [0.15, 0.2) is 68.7 Å². The first kappa shape index (κ1) is 17.5. The lowest BCUT2D eigenvalue weighted by Crippen LogP contribution is -1.88. The number of aryl methyl sites for hydroxylation is 1. The van der Waals surface area contributed by atoms with Gasteiger partial charge in [-0.05, 0) is 31.5 Å². The molecule has 2 aromatic carbocycles. The van der Waals surface area contributed by atoms with Gasteiger partial charge in [-0.3, -0.25) is 0 Å². The molecule has 1 atom stereocenters. The third-order valence-corrected chi connectivity index (χ3v) is 4.93. The molecule has 0 aliphatic heterocycles. The molecular formula is C20H18N4O2S. The Morgan fingerprint density at radius 1 is 0.889 bits per heavy atom. The van der Waals surface area contributed by atoms with Crippen LogP contribution in [0, 0.1) is 6.92 Å². The lowest BCUT2D eigenvalue weighted by atomic mass is 10.1. The van der Waals surface area contributed by atoms with Gasteiger partial charge in [-0.15, -0.1) is 20.4 Å². The molecular weight excluding hydrogens is 360 g/mol. The molecule has 0 amide bonds. The van der Waals surface area contributed by atoms with Crippen molar-refractivity contribution in [2.24, 2.45) is 0 Å². The molecule has 2 heterocycles. The second kappa shape index (κ2) is 7.75. The van der Waals surface area contributed by atoms with Gasteiger partial charge in [-0.1, -0.05) is 59.8 Å². The van der Waals surface area contributed by atoms with Crippen molar-refractivity contribution < 1.29 is 8.83 Å². The molecule has 136 valence electrons. The van der Waals surface area contributed by atoms with E-state index in [9.17, 15) is 0 Å². The zero-order valence-corrected chi connectivity index (χ0v) is 15.8. The molecule has 4 rings (SSSR count). The van der Waals surface area contributed by atoms with Crippen molar-refractivity contribution in [1.29, 1.82) is 0 Å². The summed E-state index contributed by atoms with van der Waals surface area (Å²) in [5.41, 5.74) is 3.22. The van der Waals surface area contributed by atoms with E-state index in [0.717, 1.165) is 11.1 Å². The molecule has 0 saturated carbocycles. The Bertz CT molecular complexity index is 1010. The van der Waals surface area contributed by atoms with E-state index in [4.69, 9.17) is 8.83 Å². The van der Waals surface area contributed by atoms with Crippen LogP contribution in [-0.2, 0) is 6.42 Å². The zero-order valence-electron chi connectivity index (χ0n) is 15.0. The van der Waals surface area contributed by atoms with Crippen LogP contribution in [0.2, 0.25) is 0 Å². The molecule has 0 bridgehead atoms. The summed E-state index contributed by atoms with van der Waals surface area (Å²) < 4.78 is 11.5. The summed E-state index contributed by atoms with van der Waals surface area (Å²) in [7, 11) is 0. The van der Waals surface area contributed by atoms with Gasteiger partial charge < -0.3 is 8.83 Å². The molecule has 0 N–H and O–H groups in total. The summed E-state index contributed by atoms with van der Waals surface area (Å²) in [6.07, 6.45) is 0.612. The number of benzene rings is 2. The van der Waals surface area contributed by atoms with Gasteiger partial charge in [0.15, 0.2) is 0 Å². The van der Waals surface area contributed by atoms with Crippen LogP contribution in [-0.4, -0.2) is 20.4 Å². The van der Waals surface area contributed by atoms with E-state index in [1.54, 1.807) is 0 Å². The number of rotatable bonds is 6. The van der Waals surface area contributed by atoms with Crippen molar-refractivity contribution >= 4 is 11.8 Å². The number of hydrogen-bond acceptors (Lipinski definition) is 7. The van der Waals surface area contributed by atoms with Crippen molar-refractivity contribution in [3.05, 3.63) is 77.5 Å². The second-order valence-corrected chi connectivity index (χ2v) is 7.49. The first-order chi connectivity index (χ1) is 13.2. The maximum Gasteiger partial charge on any atom is 0.277 e. The van der Waals surface area contributed by atoms with Crippen LogP contribution in [0.3, 0.4) is 0 Å². The highest BCUT2D eigenvalue weighted by atomic mass is 32.2. The third kappa shape index (κ3) is 4.25. The monoisotopic (exact) mass is 378 g/mol. The number of aromatic nitrogens is 4. The Labute approximate surface area is 161 Å². The van der Waals surface area contributed by atoms with Gasteiger partial charge in [-0.2, -0.15) is 0 Å². The molecule has 27 heavy (non-hydrogen) atoms. The van der Waals surface area contributed by atoms with E-state index in [-0.39, 0.29) is 5.25 Å². The van der Waals surface area contributed by atoms with Crippen LogP contribution < -0.4 is 0 Å². The van der Waals surface area contributed by atoms with Crippen LogP contribution in [0.4, 0.5) is 0 Å². The highest BCUT2D eigenvalue weighted by Gasteiger charge is 2.19. The summed E-state index contributed by atoms with van der Waals surface area (Å²) in [5, 5.41) is 16.9.